The number of hydrogen-bond acceptors (Lipinski definition) is 1. The largest absolute Gasteiger partial charge is 0.456 e. The smallest absolute Gasteiger partial charge is 0.138 e. The van der Waals surface area contributed by atoms with Crippen molar-refractivity contribution in [3.63, 3.8) is 0 Å². The Morgan fingerprint density at radius 2 is 1.40 bits per heavy atom. The molecule has 0 atom stereocenters. The van der Waals surface area contributed by atoms with Crippen molar-refractivity contribution in [2.24, 2.45) is 0 Å². The second-order valence-corrected chi connectivity index (χ2v) is 5.05. The standard InChI is InChI=1S/C19H14O/c1-2-7-14(8-3-1)17-11-6-10-16-13-15-9-4-5-12-18(15)20-19(16)17/h1-12H,13H2. The average molecular weight is 258 g/mol. The van der Waals surface area contributed by atoms with Crippen LogP contribution < -0.4 is 4.74 Å². The molecule has 0 amide bonds. The van der Waals surface area contributed by atoms with Gasteiger partial charge in [-0.3, -0.25) is 0 Å². The van der Waals surface area contributed by atoms with Crippen LogP contribution in [0.3, 0.4) is 0 Å². The minimum Gasteiger partial charge on any atom is -0.456 e. The molecule has 1 aliphatic rings. The Morgan fingerprint density at radius 3 is 2.30 bits per heavy atom. The molecule has 3 aromatic carbocycles. The molecule has 0 spiro atoms. The minimum absolute atomic E-state index is 0.937. The molecular formula is C19H14O. The van der Waals surface area contributed by atoms with Crippen LogP contribution in [0.4, 0.5) is 0 Å². The van der Waals surface area contributed by atoms with Crippen molar-refractivity contribution in [3.8, 4) is 22.6 Å². The summed E-state index contributed by atoms with van der Waals surface area (Å²) >= 11 is 0. The van der Waals surface area contributed by atoms with Crippen LogP contribution in [-0.2, 0) is 6.42 Å². The average Bonchev–Trinajstić information content (AvgIpc) is 2.53. The molecule has 0 saturated heterocycles. The number of rotatable bonds is 1. The summed E-state index contributed by atoms with van der Waals surface area (Å²) in [6, 6.07) is 25.1. The molecule has 1 heteroatoms. The highest BCUT2D eigenvalue weighted by Gasteiger charge is 2.19. The van der Waals surface area contributed by atoms with E-state index in [1.807, 2.05) is 18.2 Å². The van der Waals surface area contributed by atoms with Crippen molar-refractivity contribution < 1.29 is 4.74 Å². The van der Waals surface area contributed by atoms with E-state index in [9.17, 15) is 0 Å². The summed E-state index contributed by atoms with van der Waals surface area (Å²) in [4.78, 5) is 0. The van der Waals surface area contributed by atoms with Crippen LogP contribution in [0.5, 0.6) is 11.5 Å². The Balaban J connectivity index is 1.87. The van der Waals surface area contributed by atoms with Gasteiger partial charge in [0, 0.05) is 12.0 Å². The molecule has 0 fully saturated rings. The molecular weight excluding hydrogens is 244 g/mol. The fourth-order valence-corrected chi connectivity index (χ4v) is 2.75. The summed E-state index contributed by atoms with van der Waals surface area (Å²) in [7, 11) is 0. The van der Waals surface area contributed by atoms with Crippen molar-refractivity contribution in [1.82, 2.24) is 0 Å². The van der Waals surface area contributed by atoms with E-state index < -0.39 is 0 Å². The molecule has 0 N–H and O–H groups in total. The van der Waals surface area contributed by atoms with Gasteiger partial charge in [0.15, 0.2) is 0 Å². The monoisotopic (exact) mass is 258 g/mol. The van der Waals surface area contributed by atoms with Crippen LogP contribution in [0.2, 0.25) is 0 Å². The van der Waals surface area contributed by atoms with Gasteiger partial charge < -0.3 is 4.74 Å². The summed E-state index contributed by atoms with van der Waals surface area (Å²) in [6.07, 6.45) is 0.937. The van der Waals surface area contributed by atoms with Crippen LogP contribution in [0.15, 0.2) is 72.8 Å². The van der Waals surface area contributed by atoms with Gasteiger partial charge in [0.2, 0.25) is 0 Å². The first-order valence-electron chi connectivity index (χ1n) is 6.85. The first-order valence-corrected chi connectivity index (χ1v) is 6.85. The van der Waals surface area contributed by atoms with Gasteiger partial charge in [-0.05, 0) is 22.8 Å². The molecule has 0 aliphatic carbocycles. The molecule has 4 rings (SSSR count). The Labute approximate surface area is 118 Å². The first kappa shape index (κ1) is 11.3. The summed E-state index contributed by atoms with van der Waals surface area (Å²) in [5.74, 6) is 1.97. The maximum atomic E-state index is 6.16. The van der Waals surface area contributed by atoms with Gasteiger partial charge in [0.05, 0.1) is 0 Å². The summed E-state index contributed by atoms with van der Waals surface area (Å²) in [5, 5.41) is 0. The van der Waals surface area contributed by atoms with Gasteiger partial charge in [0.1, 0.15) is 11.5 Å². The lowest BCUT2D eigenvalue weighted by Gasteiger charge is -2.22. The SMILES string of the molecule is c1ccc(-c2cccc3c2Oc2ccccc2C3)cc1. The molecule has 0 radical (unpaired) electrons. The van der Waals surface area contributed by atoms with Gasteiger partial charge >= 0.3 is 0 Å². The zero-order valence-corrected chi connectivity index (χ0v) is 11.0. The zero-order chi connectivity index (χ0) is 13.4. The summed E-state index contributed by atoms with van der Waals surface area (Å²) < 4.78 is 6.16. The van der Waals surface area contributed by atoms with Gasteiger partial charge in [0.25, 0.3) is 0 Å². The van der Waals surface area contributed by atoms with Crippen LogP contribution in [0.1, 0.15) is 11.1 Å². The second kappa shape index (κ2) is 4.53. The number of benzene rings is 3. The Kier molecular flexibility index (Phi) is 2.56. The fourth-order valence-electron chi connectivity index (χ4n) is 2.75. The van der Waals surface area contributed by atoms with Crippen LogP contribution in [0.25, 0.3) is 11.1 Å². The summed E-state index contributed by atoms with van der Waals surface area (Å²) in [5.41, 5.74) is 4.87. The zero-order valence-electron chi connectivity index (χ0n) is 11.0. The molecule has 3 aromatic rings. The molecule has 1 nitrogen and oxygen atoms in total. The lowest BCUT2D eigenvalue weighted by atomic mass is 9.95. The van der Waals surface area contributed by atoms with E-state index in [0.717, 1.165) is 23.5 Å². The van der Waals surface area contributed by atoms with Crippen molar-refractivity contribution in [3.05, 3.63) is 83.9 Å². The van der Waals surface area contributed by atoms with Crippen molar-refractivity contribution in [1.29, 1.82) is 0 Å². The van der Waals surface area contributed by atoms with Gasteiger partial charge in [-0.25, -0.2) is 0 Å². The van der Waals surface area contributed by atoms with Crippen LogP contribution in [0, 0.1) is 0 Å². The molecule has 0 aromatic heterocycles. The molecule has 0 unspecified atom stereocenters. The van der Waals surface area contributed by atoms with Gasteiger partial charge in [-0.15, -0.1) is 0 Å². The van der Waals surface area contributed by atoms with Gasteiger partial charge in [-0.2, -0.15) is 0 Å². The number of ether oxygens (including phenoxy) is 1. The highest BCUT2D eigenvalue weighted by atomic mass is 16.5. The lowest BCUT2D eigenvalue weighted by Crippen LogP contribution is -2.03. The minimum atomic E-state index is 0.937. The van der Waals surface area contributed by atoms with E-state index in [-0.39, 0.29) is 0 Å². The van der Waals surface area contributed by atoms with E-state index in [0.29, 0.717) is 0 Å². The predicted octanol–water partition coefficient (Wildman–Crippen LogP) is 5.05. The van der Waals surface area contributed by atoms with E-state index in [1.165, 1.54) is 16.7 Å². The normalized spacial score (nSPS) is 12.2. The van der Waals surface area contributed by atoms with Crippen molar-refractivity contribution >= 4 is 0 Å². The number of fused-ring (bicyclic) bond motifs is 2. The first-order chi connectivity index (χ1) is 9.92. The molecule has 1 aliphatic heterocycles. The molecule has 0 bridgehead atoms. The predicted molar refractivity (Wildman–Crippen MR) is 81.2 cm³/mol. The topological polar surface area (TPSA) is 9.23 Å². The summed E-state index contributed by atoms with van der Waals surface area (Å²) in [6.45, 7) is 0. The van der Waals surface area contributed by atoms with Crippen molar-refractivity contribution in [2.45, 2.75) is 6.42 Å². The van der Waals surface area contributed by atoms with E-state index >= 15 is 0 Å². The Morgan fingerprint density at radius 1 is 0.650 bits per heavy atom. The van der Waals surface area contributed by atoms with Crippen molar-refractivity contribution in [2.75, 3.05) is 0 Å². The van der Waals surface area contributed by atoms with E-state index in [4.69, 9.17) is 4.74 Å². The molecule has 96 valence electrons. The Bertz CT molecular complexity index is 760. The Hall–Kier alpha value is -2.54. The maximum absolute atomic E-state index is 6.16. The van der Waals surface area contributed by atoms with E-state index in [2.05, 4.69) is 54.6 Å². The van der Waals surface area contributed by atoms with Crippen LogP contribution >= 0.6 is 0 Å². The van der Waals surface area contributed by atoms with Gasteiger partial charge in [-0.1, -0.05) is 66.7 Å². The second-order valence-electron chi connectivity index (χ2n) is 5.05. The molecule has 1 heterocycles. The molecule has 20 heavy (non-hydrogen) atoms. The van der Waals surface area contributed by atoms with E-state index in [1.54, 1.807) is 0 Å². The lowest BCUT2D eigenvalue weighted by molar-refractivity contribution is 0.462. The quantitative estimate of drug-likeness (QED) is 0.464. The third kappa shape index (κ3) is 1.79. The molecule has 0 saturated carbocycles. The third-order valence-corrected chi connectivity index (χ3v) is 3.75. The highest BCUT2D eigenvalue weighted by Crippen LogP contribution is 2.42. The number of para-hydroxylation sites is 2. The number of hydrogen-bond donors (Lipinski definition) is 0. The fraction of sp³-hybridized carbons (Fsp3) is 0.0526. The van der Waals surface area contributed by atoms with Crippen LogP contribution in [-0.4, -0.2) is 0 Å². The third-order valence-electron chi connectivity index (χ3n) is 3.75. The maximum Gasteiger partial charge on any atom is 0.138 e. The highest BCUT2D eigenvalue weighted by molar-refractivity contribution is 5.74.